The van der Waals surface area contributed by atoms with Crippen LogP contribution in [0.5, 0.6) is 0 Å². The summed E-state index contributed by atoms with van der Waals surface area (Å²) in [6.07, 6.45) is 6.79. The van der Waals surface area contributed by atoms with Crippen LogP contribution in [-0.4, -0.2) is 24.5 Å². The molecule has 106 valence electrons. The molecule has 2 heteroatoms. The molecule has 0 amide bonds. The van der Waals surface area contributed by atoms with Gasteiger partial charge in [0, 0.05) is 12.6 Å². The van der Waals surface area contributed by atoms with Crippen LogP contribution in [0.1, 0.15) is 50.6 Å². The molecule has 1 heterocycles. The average Bonchev–Trinajstić information content (AvgIpc) is 2.68. The highest BCUT2D eigenvalue weighted by Crippen LogP contribution is 2.27. The second-order valence-corrected chi connectivity index (χ2v) is 5.78. The summed E-state index contributed by atoms with van der Waals surface area (Å²) in [6.45, 7) is 5.44. The molecule has 1 fully saturated rings. The van der Waals surface area contributed by atoms with Gasteiger partial charge < -0.3 is 5.73 Å². The van der Waals surface area contributed by atoms with Crippen LogP contribution < -0.4 is 5.73 Å². The van der Waals surface area contributed by atoms with Crippen molar-refractivity contribution < 1.29 is 0 Å². The summed E-state index contributed by atoms with van der Waals surface area (Å²) in [5.41, 5.74) is 7.41. The zero-order valence-corrected chi connectivity index (χ0v) is 12.2. The summed E-state index contributed by atoms with van der Waals surface area (Å²) in [6, 6.07) is 11.2. The fourth-order valence-corrected chi connectivity index (χ4v) is 3.37. The molecule has 1 aliphatic rings. The number of benzene rings is 1. The van der Waals surface area contributed by atoms with Crippen molar-refractivity contribution in [2.75, 3.05) is 19.6 Å². The lowest BCUT2D eigenvalue weighted by Gasteiger charge is -2.30. The van der Waals surface area contributed by atoms with E-state index in [0.717, 1.165) is 12.5 Å². The van der Waals surface area contributed by atoms with E-state index in [-0.39, 0.29) is 0 Å². The van der Waals surface area contributed by atoms with Crippen molar-refractivity contribution in [1.82, 2.24) is 4.90 Å². The topological polar surface area (TPSA) is 29.3 Å². The summed E-state index contributed by atoms with van der Waals surface area (Å²) in [4.78, 5) is 2.60. The molecule has 0 radical (unpaired) electrons. The van der Waals surface area contributed by atoms with Crippen molar-refractivity contribution in [2.45, 2.75) is 45.1 Å². The van der Waals surface area contributed by atoms with E-state index in [4.69, 9.17) is 5.73 Å². The largest absolute Gasteiger partial charge is 0.329 e. The van der Waals surface area contributed by atoms with E-state index >= 15 is 0 Å². The quantitative estimate of drug-likeness (QED) is 0.876. The minimum Gasteiger partial charge on any atom is -0.329 e. The maximum absolute atomic E-state index is 6.04. The number of likely N-dealkylation sites (tertiary alicyclic amines) is 1. The number of hydrogen-bond donors (Lipinski definition) is 1. The van der Waals surface area contributed by atoms with Gasteiger partial charge in [0.25, 0.3) is 0 Å². The molecule has 0 bridgehead atoms. The predicted molar refractivity (Wildman–Crippen MR) is 82.1 cm³/mol. The van der Waals surface area contributed by atoms with Gasteiger partial charge in [0.2, 0.25) is 0 Å². The molecule has 0 saturated carbocycles. The van der Waals surface area contributed by atoms with Gasteiger partial charge in [0.05, 0.1) is 0 Å². The molecule has 19 heavy (non-hydrogen) atoms. The van der Waals surface area contributed by atoms with Crippen LogP contribution >= 0.6 is 0 Å². The Morgan fingerprint density at radius 1 is 1.21 bits per heavy atom. The lowest BCUT2D eigenvalue weighted by Crippen LogP contribution is -2.34. The highest BCUT2D eigenvalue weighted by molar-refractivity contribution is 5.19. The van der Waals surface area contributed by atoms with Gasteiger partial charge in [-0.15, -0.1) is 0 Å². The highest BCUT2D eigenvalue weighted by atomic mass is 15.2. The maximum atomic E-state index is 6.04. The minimum atomic E-state index is 0.404. The summed E-state index contributed by atoms with van der Waals surface area (Å²) >= 11 is 0. The second-order valence-electron chi connectivity index (χ2n) is 5.78. The van der Waals surface area contributed by atoms with Gasteiger partial charge in [-0.2, -0.15) is 0 Å². The van der Waals surface area contributed by atoms with Crippen molar-refractivity contribution in [3.05, 3.63) is 35.9 Å². The fourth-order valence-electron chi connectivity index (χ4n) is 3.37. The first-order valence-corrected chi connectivity index (χ1v) is 7.84. The third-order valence-electron chi connectivity index (χ3n) is 4.43. The van der Waals surface area contributed by atoms with Crippen molar-refractivity contribution in [3.8, 4) is 0 Å². The minimum absolute atomic E-state index is 0.404. The molecule has 2 rings (SSSR count). The standard InChI is InChI=1S/C17H28N2/c1-2-7-15-8-6-12-19(13-11-15)17(14-18)16-9-4-3-5-10-16/h3-5,9-10,15,17H,2,6-8,11-14,18H2,1H3. The zero-order valence-electron chi connectivity index (χ0n) is 12.2. The number of hydrogen-bond acceptors (Lipinski definition) is 2. The van der Waals surface area contributed by atoms with E-state index in [0.29, 0.717) is 6.04 Å². The van der Waals surface area contributed by atoms with E-state index in [1.807, 2.05) is 0 Å². The molecule has 1 aliphatic heterocycles. The second kappa shape index (κ2) is 7.66. The van der Waals surface area contributed by atoms with Crippen LogP contribution in [0.4, 0.5) is 0 Å². The van der Waals surface area contributed by atoms with Crippen molar-refractivity contribution in [2.24, 2.45) is 11.7 Å². The highest BCUT2D eigenvalue weighted by Gasteiger charge is 2.22. The third-order valence-corrected chi connectivity index (χ3v) is 4.43. The molecule has 0 aromatic heterocycles. The molecule has 1 aromatic carbocycles. The molecule has 1 aromatic rings. The van der Waals surface area contributed by atoms with Gasteiger partial charge in [0.1, 0.15) is 0 Å². The molecule has 0 aliphatic carbocycles. The third kappa shape index (κ3) is 4.05. The van der Waals surface area contributed by atoms with E-state index in [1.165, 1.54) is 50.8 Å². The van der Waals surface area contributed by atoms with E-state index in [2.05, 4.69) is 42.2 Å². The molecule has 2 nitrogen and oxygen atoms in total. The van der Waals surface area contributed by atoms with Crippen molar-refractivity contribution in [1.29, 1.82) is 0 Å². The normalized spacial score (nSPS) is 22.9. The Labute approximate surface area is 118 Å². The number of nitrogens with zero attached hydrogens (tertiary/aromatic N) is 1. The first-order chi connectivity index (χ1) is 9.35. The average molecular weight is 260 g/mol. The van der Waals surface area contributed by atoms with Crippen LogP contribution in [0, 0.1) is 5.92 Å². The first-order valence-electron chi connectivity index (χ1n) is 7.84. The van der Waals surface area contributed by atoms with Gasteiger partial charge >= 0.3 is 0 Å². The van der Waals surface area contributed by atoms with Crippen LogP contribution in [0.25, 0.3) is 0 Å². The van der Waals surface area contributed by atoms with Crippen molar-refractivity contribution >= 4 is 0 Å². The predicted octanol–water partition coefficient (Wildman–Crippen LogP) is 3.59. The lowest BCUT2D eigenvalue weighted by atomic mass is 9.96. The summed E-state index contributed by atoms with van der Waals surface area (Å²) in [5, 5.41) is 0. The van der Waals surface area contributed by atoms with E-state index in [9.17, 15) is 0 Å². The Kier molecular flexibility index (Phi) is 5.87. The zero-order chi connectivity index (χ0) is 13.5. The van der Waals surface area contributed by atoms with Gasteiger partial charge in [-0.1, -0.05) is 50.1 Å². The first kappa shape index (κ1) is 14.5. The molecule has 0 spiro atoms. The van der Waals surface area contributed by atoms with Gasteiger partial charge in [-0.3, -0.25) is 4.90 Å². The van der Waals surface area contributed by atoms with Crippen LogP contribution in [0.2, 0.25) is 0 Å². The Morgan fingerprint density at radius 2 is 2.00 bits per heavy atom. The number of nitrogens with two attached hydrogens (primary N) is 1. The van der Waals surface area contributed by atoms with Gasteiger partial charge in [-0.25, -0.2) is 0 Å². The molecule has 1 saturated heterocycles. The molecule has 2 unspecified atom stereocenters. The van der Waals surface area contributed by atoms with Crippen LogP contribution in [0.15, 0.2) is 30.3 Å². The maximum Gasteiger partial charge on any atom is 0.0470 e. The summed E-state index contributed by atoms with van der Waals surface area (Å²) in [7, 11) is 0. The number of rotatable bonds is 5. The molecular formula is C17H28N2. The monoisotopic (exact) mass is 260 g/mol. The summed E-state index contributed by atoms with van der Waals surface area (Å²) in [5.74, 6) is 0.934. The van der Waals surface area contributed by atoms with Crippen LogP contribution in [0.3, 0.4) is 0 Å². The Morgan fingerprint density at radius 3 is 2.68 bits per heavy atom. The Hall–Kier alpha value is -0.860. The Balaban J connectivity index is 1.99. The van der Waals surface area contributed by atoms with Crippen molar-refractivity contribution in [3.63, 3.8) is 0 Å². The summed E-state index contributed by atoms with van der Waals surface area (Å²) < 4.78 is 0. The van der Waals surface area contributed by atoms with E-state index in [1.54, 1.807) is 0 Å². The Bertz CT molecular complexity index is 350. The smallest absolute Gasteiger partial charge is 0.0470 e. The van der Waals surface area contributed by atoms with Gasteiger partial charge in [-0.05, 0) is 43.8 Å². The lowest BCUT2D eigenvalue weighted by molar-refractivity contribution is 0.206. The van der Waals surface area contributed by atoms with E-state index < -0.39 is 0 Å². The van der Waals surface area contributed by atoms with Crippen LogP contribution in [-0.2, 0) is 0 Å². The molecular weight excluding hydrogens is 232 g/mol. The van der Waals surface area contributed by atoms with Gasteiger partial charge in [0.15, 0.2) is 0 Å². The molecule has 2 N–H and O–H groups in total. The fraction of sp³-hybridized carbons (Fsp3) is 0.647. The SMILES string of the molecule is CCCC1CCCN(C(CN)c2ccccc2)CC1. The molecule has 2 atom stereocenters.